The monoisotopic (exact) mass is 493 g/mol. The maximum absolute atomic E-state index is 13.7. The van der Waals surface area contributed by atoms with Crippen molar-refractivity contribution in [3.63, 3.8) is 0 Å². The Hall–Kier alpha value is -2.71. The maximum Gasteiger partial charge on any atom is 0.433 e. The first kappa shape index (κ1) is 26.5. The molecule has 0 fully saturated rings. The van der Waals surface area contributed by atoms with Crippen LogP contribution in [0.1, 0.15) is 36.5 Å². The number of alkyl halides is 6. The first-order valence-electron chi connectivity index (χ1n) is 9.72. The van der Waals surface area contributed by atoms with Gasteiger partial charge in [-0.05, 0) is 43.5 Å². The number of benzene rings is 2. The largest absolute Gasteiger partial charge is 0.433 e. The molecule has 2 aromatic rings. The van der Waals surface area contributed by atoms with Crippen molar-refractivity contribution in [2.75, 3.05) is 6.54 Å². The van der Waals surface area contributed by atoms with Gasteiger partial charge in [0.2, 0.25) is 5.60 Å². The van der Waals surface area contributed by atoms with Gasteiger partial charge in [0.25, 0.3) is 10.0 Å². The molecule has 1 N–H and O–H groups in total. The highest BCUT2D eigenvalue weighted by Gasteiger charge is 2.54. The quantitative estimate of drug-likeness (QED) is 0.341. The second kappa shape index (κ2) is 9.65. The number of hydrogen-bond acceptors (Lipinski definition) is 3. The van der Waals surface area contributed by atoms with E-state index in [-0.39, 0.29) is 17.9 Å². The Kier molecular flexibility index (Phi) is 7.76. The van der Waals surface area contributed by atoms with E-state index in [2.05, 4.69) is 0 Å². The summed E-state index contributed by atoms with van der Waals surface area (Å²) in [4.78, 5) is -0.205. The van der Waals surface area contributed by atoms with Gasteiger partial charge in [0.1, 0.15) is 0 Å². The number of hydrogen-bond donors (Lipinski definition) is 1. The zero-order valence-electron chi connectivity index (χ0n) is 17.6. The zero-order valence-corrected chi connectivity index (χ0v) is 18.4. The topological polar surface area (TPSA) is 57.6 Å². The minimum Gasteiger partial charge on any atom is -0.366 e. The molecule has 2 rings (SSSR count). The van der Waals surface area contributed by atoms with Gasteiger partial charge in [-0.2, -0.15) is 26.3 Å². The summed E-state index contributed by atoms with van der Waals surface area (Å²) in [6.45, 7) is 3.21. The van der Waals surface area contributed by atoms with Crippen LogP contribution in [0.5, 0.6) is 0 Å². The number of sulfonamides is 1. The number of halogens is 6. The van der Waals surface area contributed by atoms with Gasteiger partial charge in [0, 0.05) is 18.2 Å². The third-order valence-electron chi connectivity index (χ3n) is 4.73. The maximum atomic E-state index is 13.7. The summed E-state index contributed by atoms with van der Waals surface area (Å²) in [6.07, 6.45) is -9.45. The molecule has 0 bridgehead atoms. The molecule has 33 heavy (non-hydrogen) atoms. The Bertz CT molecular complexity index is 1110. The molecule has 0 saturated carbocycles. The predicted molar refractivity (Wildman–Crippen MR) is 109 cm³/mol. The van der Waals surface area contributed by atoms with Gasteiger partial charge < -0.3 is 5.11 Å². The fraction of sp³-hybridized carbons (Fsp3) is 0.364. The summed E-state index contributed by atoms with van der Waals surface area (Å²) >= 11 is 0. The van der Waals surface area contributed by atoms with Gasteiger partial charge >= 0.3 is 12.4 Å². The summed E-state index contributed by atoms with van der Waals surface area (Å²) in [7, 11) is -4.33. The molecule has 0 spiro atoms. The van der Waals surface area contributed by atoms with Crippen LogP contribution in [0.3, 0.4) is 0 Å². The molecular formula is C22H21F6NO3S. The van der Waals surface area contributed by atoms with Crippen molar-refractivity contribution in [2.45, 2.75) is 49.5 Å². The Balaban J connectivity index is 2.57. The van der Waals surface area contributed by atoms with E-state index in [4.69, 9.17) is 0 Å². The fourth-order valence-corrected chi connectivity index (χ4v) is 4.00. The van der Waals surface area contributed by atoms with Gasteiger partial charge in [-0.15, -0.1) is 0 Å². The first-order valence-corrected chi connectivity index (χ1v) is 11.2. The minimum atomic E-state index is -5.43. The van der Waals surface area contributed by atoms with E-state index < -0.39 is 39.1 Å². The van der Waals surface area contributed by atoms with Gasteiger partial charge in [-0.3, -0.25) is 0 Å². The van der Waals surface area contributed by atoms with E-state index in [1.165, 1.54) is 24.3 Å². The molecule has 0 amide bonds. The Labute approximate surface area is 187 Å². The molecular weight excluding hydrogens is 472 g/mol. The highest BCUT2D eigenvalue weighted by Crippen LogP contribution is 2.40. The average molecular weight is 493 g/mol. The van der Waals surface area contributed by atoms with E-state index in [1.807, 2.05) is 6.04 Å². The van der Waals surface area contributed by atoms with Crippen LogP contribution in [-0.4, -0.2) is 30.6 Å². The molecule has 0 heterocycles. The molecule has 180 valence electrons. The molecule has 0 aliphatic carbocycles. The van der Waals surface area contributed by atoms with Crippen molar-refractivity contribution < 1.29 is 39.9 Å². The van der Waals surface area contributed by atoms with Gasteiger partial charge in [-0.25, -0.2) is 12.7 Å². The number of aliphatic hydroxyl groups is 1. The van der Waals surface area contributed by atoms with Crippen LogP contribution in [-0.2, 0) is 21.8 Å². The first-order chi connectivity index (χ1) is 15.1. The van der Waals surface area contributed by atoms with Crippen molar-refractivity contribution in [2.24, 2.45) is 0 Å². The third kappa shape index (κ3) is 6.00. The van der Waals surface area contributed by atoms with E-state index in [1.54, 1.807) is 19.8 Å². The Morgan fingerprint density at radius 1 is 0.909 bits per heavy atom. The van der Waals surface area contributed by atoms with E-state index in [9.17, 15) is 39.9 Å². The molecule has 11 heteroatoms. The summed E-state index contributed by atoms with van der Waals surface area (Å²) in [5.41, 5.74) is -5.33. The zero-order chi connectivity index (χ0) is 25.1. The fourth-order valence-electron chi connectivity index (χ4n) is 2.73. The van der Waals surface area contributed by atoms with Crippen molar-refractivity contribution in [1.29, 1.82) is 0 Å². The highest BCUT2D eigenvalue weighted by molar-refractivity contribution is 7.89. The third-order valence-corrected chi connectivity index (χ3v) is 6.45. The lowest BCUT2D eigenvalue weighted by Crippen LogP contribution is -2.41. The van der Waals surface area contributed by atoms with Crippen LogP contribution >= 0.6 is 0 Å². The molecule has 0 aliphatic heterocycles. The van der Waals surface area contributed by atoms with Crippen molar-refractivity contribution >= 4 is 10.0 Å². The SMILES string of the molecule is CCCCN(C#CC(O)(c1ccc(C(F)(F)F)cc1)C(F)(F)F)S(=O)(=O)c1ccc(C)cc1. The van der Waals surface area contributed by atoms with Crippen LogP contribution in [0, 0.1) is 18.9 Å². The molecule has 4 nitrogen and oxygen atoms in total. The lowest BCUT2D eigenvalue weighted by Gasteiger charge is -2.26. The molecule has 2 aromatic carbocycles. The molecule has 0 aromatic heterocycles. The van der Waals surface area contributed by atoms with Gasteiger partial charge in [0.05, 0.1) is 10.5 Å². The van der Waals surface area contributed by atoms with E-state index >= 15 is 0 Å². The van der Waals surface area contributed by atoms with E-state index in [0.717, 1.165) is 5.56 Å². The van der Waals surface area contributed by atoms with Gasteiger partial charge in [-0.1, -0.05) is 43.2 Å². The number of aryl methyl sites for hydroxylation is 1. The number of unbranched alkanes of at least 4 members (excludes halogenated alkanes) is 1. The standard InChI is InChI=1S/C22H21F6NO3S/c1-3-4-14-29(33(31,32)19-11-5-16(2)6-12-19)15-13-20(30,22(26,27)28)17-7-9-18(10-8-17)21(23,24)25/h5-12,30H,3-4,14H2,1-2H3. The van der Waals surface area contributed by atoms with Crippen LogP contribution < -0.4 is 0 Å². The number of rotatable bonds is 6. The van der Waals surface area contributed by atoms with Crippen LogP contribution in [0.2, 0.25) is 0 Å². The summed E-state index contributed by atoms with van der Waals surface area (Å²) in [5.74, 6) is 1.55. The van der Waals surface area contributed by atoms with Crippen molar-refractivity contribution in [3.05, 3.63) is 65.2 Å². The van der Waals surface area contributed by atoms with E-state index in [0.29, 0.717) is 35.0 Å². The second-order valence-electron chi connectivity index (χ2n) is 7.26. The molecule has 1 atom stereocenters. The van der Waals surface area contributed by atoms with Crippen LogP contribution in [0.4, 0.5) is 26.3 Å². The number of nitrogens with zero attached hydrogens (tertiary/aromatic N) is 1. The lowest BCUT2D eigenvalue weighted by molar-refractivity contribution is -0.240. The molecule has 0 radical (unpaired) electrons. The van der Waals surface area contributed by atoms with Crippen molar-refractivity contribution in [1.82, 2.24) is 4.31 Å². The van der Waals surface area contributed by atoms with Crippen molar-refractivity contribution in [3.8, 4) is 12.0 Å². The Morgan fingerprint density at radius 2 is 1.42 bits per heavy atom. The molecule has 0 aliphatic rings. The molecule has 0 saturated heterocycles. The predicted octanol–water partition coefficient (Wildman–Crippen LogP) is 5.22. The van der Waals surface area contributed by atoms with Crippen LogP contribution in [0.15, 0.2) is 53.4 Å². The lowest BCUT2D eigenvalue weighted by atomic mass is 9.93. The highest BCUT2D eigenvalue weighted by atomic mass is 32.2. The normalized spacial score (nSPS) is 14.2. The summed E-state index contributed by atoms with van der Waals surface area (Å²) in [5, 5.41) is 10.4. The summed E-state index contributed by atoms with van der Waals surface area (Å²) < 4.78 is 106. The average Bonchev–Trinajstić information content (AvgIpc) is 2.72. The Morgan fingerprint density at radius 3 is 1.88 bits per heavy atom. The van der Waals surface area contributed by atoms with Gasteiger partial charge in [0.15, 0.2) is 0 Å². The van der Waals surface area contributed by atoms with Crippen LogP contribution in [0.25, 0.3) is 0 Å². The second-order valence-corrected chi connectivity index (χ2v) is 9.13. The summed E-state index contributed by atoms with van der Waals surface area (Å²) in [6, 6.07) is 9.13. The molecule has 1 unspecified atom stereocenters. The minimum absolute atomic E-state index is 0.205. The smallest absolute Gasteiger partial charge is 0.366 e.